The van der Waals surface area contributed by atoms with Crippen molar-refractivity contribution in [1.82, 2.24) is 10.2 Å². The van der Waals surface area contributed by atoms with E-state index in [1.807, 2.05) is 6.92 Å². The van der Waals surface area contributed by atoms with Gasteiger partial charge in [0.15, 0.2) is 11.9 Å². The second-order valence-electron chi connectivity index (χ2n) is 9.32. The fourth-order valence-electron chi connectivity index (χ4n) is 5.78. The van der Waals surface area contributed by atoms with Crippen LogP contribution in [0.25, 0.3) is 0 Å². The molecule has 5 fully saturated rings. The van der Waals surface area contributed by atoms with E-state index < -0.39 is 30.1 Å². The van der Waals surface area contributed by atoms with Crippen LogP contribution in [0.15, 0.2) is 0 Å². The Balaban J connectivity index is 1.51. The fraction of sp³-hybridized carbons (Fsp3) is 0.952. The Hall–Kier alpha value is -0.930. The van der Waals surface area contributed by atoms with Crippen molar-refractivity contribution in [2.24, 2.45) is 23.7 Å². The average Bonchev–Trinajstić information content (AvgIpc) is 2.93. The topological polar surface area (TPSA) is 78.5 Å². The normalized spacial score (nSPS) is 46.1. The lowest BCUT2D eigenvalue weighted by atomic mass is 9.58. The number of nitrogens with one attached hydrogen (secondary N) is 1. The quantitative estimate of drug-likeness (QED) is 0.549. The van der Waals surface area contributed by atoms with Crippen LogP contribution in [0.2, 0.25) is 0 Å². The molecule has 1 spiro atoms. The molecular weight excluding hydrogens is 376 g/mol. The van der Waals surface area contributed by atoms with Crippen LogP contribution in [0.5, 0.6) is 0 Å². The van der Waals surface area contributed by atoms with Gasteiger partial charge < -0.3 is 19.5 Å². The Morgan fingerprint density at radius 1 is 1.14 bits per heavy atom. The number of carbonyl (C=O) groups is 1. The molecule has 1 amide bonds. The van der Waals surface area contributed by atoms with Crippen molar-refractivity contribution in [3.05, 3.63) is 0 Å². The first-order chi connectivity index (χ1) is 13.8. The minimum atomic E-state index is -0.826. The van der Waals surface area contributed by atoms with Gasteiger partial charge in [-0.3, -0.25) is 4.90 Å². The zero-order valence-corrected chi connectivity index (χ0v) is 18.3. The number of rotatable bonds is 5. The molecule has 4 saturated heterocycles. The van der Waals surface area contributed by atoms with Crippen LogP contribution in [-0.2, 0) is 24.0 Å². The predicted octanol–water partition coefficient (Wildman–Crippen LogP) is 3.22. The van der Waals surface area contributed by atoms with E-state index in [0.29, 0.717) is 18.5 Å². The molecule has 0 aromatic carbocycles. The smallest absolute Gasteiger partial charge is 0.410 e. The van der Waals surface area contributed by atoms with Crippen LogP contribution in [0, 0.1) is 23.7 Å². The van der Waals surface area contributed by atoms with Gasteiger partial charge >= 0.3 is 6.09 Å². The van der Waals surface area contributed by atoms with E-state index >= 15 is 0 Å². The highest BCUT2D eigenvalue weighted by Gasteiger charge is 2.69. The van der Waals surface area contributed by atoms with Crippen molar-refractivity contribution in [3.63, 3.8) is 0 Å². The molecule has 8 heteroatoms. The molecule has 0 radical (unpaired) electrons. The van der Waals surface area contributed by atoms with Crippen LogP contribution in [0.3, 0.4) is 0 Å². The van der Waals surface area contributed by atoms with Crippen LogP contribution in [0.4, 0.5) is 4.79 Å². The minimum absolute atomic E-state index is 0.0184. The average molecular weight is 413 g/mol. The Kier molecular flexibility index (Phi) is 5.85. The van der Waals surface area contributed by atoms with Gasteiger partial charge in [-0.05, 0) is 51.1 Å². The Morgan fingerprint density at radius 3 is 2.62 bits per heavy atom. The molecule has 4 heterocycles. The van der Waals surface area contributed by atoms with Crippen LogP contribution in [0.1, 0.15) is 60.3 Å². The van der Waals surface area contributed by atoms with E-state index in [9.17, 15) is 4.79 Å². The monoisotopic (exact) mass is 412 g/mol. The molecule has 29 heavy (non-hydrogen) atoms. The third kappa shape index (κ3) is 3.57. The van der Waals surface area contributed by atoms with Gasteiger partial charge in [-0.25, -0.2) is 14.6 Å². The highest BCUT2D eigenvalue weighted by Crippen LogP contribution is 2.60. The summed E-state index contributed by atoms with van der Waals surface area (Å²) in [5, 5.41) is 2.83. The third-order valence-electron chi connectivity index (χ3n) is 7.66. The van der Waals surface area contributed by atoms with Gasteiger partial charge in [0, 0.05) is 18.3 Å². The van der Waals surface area contributed by atoms with Crippen molar-refractivity contribution in [3.8, 4) is 0 Å². The zero-order chi connectivity index (χ0) is 20.8. The number of amides is 1. The standard InChI is InChI=1S/C21H36N2O6/c1-6-23(7-2)12-22-19(24)26-17-14(4)16-9-8-13(3)15-10-11-20(5)27-18(25-17)21(15,16)29-28-20/h13-18H,6-12H2,1-5H3,(H,22,24). The summed E-state index contributed by atoms with van der Waals surface area (Å²) in [5.41, 5.74) is -0.634. The van der Waals surface area contributed by atoms with Gasteiger partial charge in [-0.15, -0.1) is 0 Å². The largest absolute Gasteiger partial charge is 0.419 e. The molecule has 8 unspecified atom stereocenters. The molecule has 1 aliphatic carbocycles. The molecule has 5 rings (SSSR count). The lowest BCUT2D eigenvalue weighted by Crippen LogP contribution is -2.70. The summed E-state index contributed by atoms with van der Waals surface area (Å²) in [5.74, 6) is 0.108. The van der Waals surface area contributed by atoms with Crippen molar-refractivity contribution < 1.29 is 28.8 Å². The number of ether oxygens (including phenoxy) is 3. The van der Waals surface area contributed by atoms with Gasteiger partial charge in [0.2, 0.25) is 12.1 Å². The molecule has 2 bridgehead atoms. The Morgan fingerprint density at radius 2 is 1.90 bits per heavy atom. The van der Waals surface area contributed by atoms with Gasteiger partial charge in [0.05, 0.1) is 6.67 Å². The van der Waals surface area contributed by atoms with Gasteiger partial charge in [0.1, 0.15) is 0 Å². The van der Waals surface area contributed by atoms with Crippen LogP contribution < -0.4 is 5.32 Å². The second kappa shape index (κ2) is 7.96. The molecule has 5 aliphatic rings. The van der Waals surface area contributed by atoms with Crippen LogP contribution >= 0.6 is 0 Å². The number of hydrogen-bond donors (Lipinski definition) is 1. The number of carbonyl (C=O) groups excluding carboxylic acids is 1. The molecule has 8 nitrogen and oxygen atoms in total. The summed E-state index contributed by atoms with van der Waals surface area (Å²) in [7, 11) is 0. The van der Waals surface area contributed by atoms with E-state index in [1.54, 1.807) is 0 Å². The molecule has 1 N–H and O–H groups in total. The summed E-state index contributed by atoms with van der Waals surface area (Å²) in [6, 6.07) is 0. The highest BCUT2D eigenvalue weighted by molar-refractivity contribution is 5.67. The van der Waals surface area contributed by atoms with E-state index in [-0.39, 0.29) is 11.8 Å². The fourth-order valence-corrected chi connectivity index (χ4v) is 5.78. The van der Waals surface area contributed by atoms with Crippen molar-refractivity contribution in [2.45, 2.75) is 84.3 Å². The minimum Gasteiger partial charge on any atom is -0.419 e. The third-order valence-corrected chi connectivity index (χ3v) is 7.66. The maximum atomic E-state index is 12.4. The maximum absolute atomic E-state index is 12.4. The predicted molar refractivity (Wildman–Crippen MR) is 104 cm³/mol. The van der Waals surface area contributed by atoms with E-state index in [1.165, 1.54) is 0 Å². The molecule has 4 aliphatic heterocycles. The van der Waals surface area contributed by atoms with E-state index in [0.717, 1.165) is 38.8 Å². The second-order valence-corrected chi connectivity index (χ2v) is 9.32. The summed E-state index contributed by atoms with van der Waals surface area (Å²) < 4.78 is 18.3. The summed E-state index contributed by atoms with van der Waals surface area (Å²) in [6.45, 7) is 12.6. The number of hydrogen-bond acceptors (Lipinski definition) is 7. The van der Waals surface area contributed by atoms with Gasteiger partial charge in [0.25, 0.3) is 0 Å². The Bertz CT molecular complexity index is 616. The van der Waals surface area contributed by atoms with Crippen LogP contribution in [-0.4, -0.2) is 54.7 Å². The first kappa shape index (κ1) is 21.3. The highest BCUT2D eigenvalue weighted by atomic mass is 17.3. The molecule has 1 saturated carbocycles. The number of alkyl carbamates (subject to hydrolysis) is 1. The molecule has 0 aromatic heterocycles. The summed E-state index contributed by atoms with van der Waals surface area (Å²) >= 11 is 0. The maximum Gasteiger partial charge on any atom is 0.410 e. The van der Waals surface area contributed by atoms with Gasteiger partial charge in [-0.2, -0.15) is 0 Å². The van der Waals surface area contributed by atoms with Crippen molar-refractivity contribution >= 4 is 6.09 Å². The molecule has 166 valence electrons. The number of fused-ring (bicyclic) bond motifs is 2. The molecule has 8 atom stereocenters. The lowest BCUT2D eigenvalue weighted by molar-refractivity contribution is -0.576. The summed E-state index contributed by atoms with van der Waals surface area (Å²) in [4.78, 5) is 26.4. The SMILES string of the molecule is CCN(CC)CNC(=O)OC1OC2OC3(C)CCC4C(C)CCC(C1C)C24OO3. The first-order valence-electron chi connectivity index (χ1n) is 11.2. The first-order valence-corrected chi connectivity index (χ1v) is 11.2. The Labute approximate surface area is 173 Å². The van der Waals surface area contributed by atoms with E-state index in [4.69, 9.17) is 24.0 Å². The molecule has 0 aromatic rings. The van der Waals surface area contributed by atoms with Crippen molar-refractivity contribution in [2.75, 3.05) is 19.8 Å². The van der Waals surface area contributed by atoms with Crippen molar-refractivity contribution in [1.29, 1.82) is 0 Å². The van der Waals surface area contributed by atoms with E-state index in [2.05, 4.69) is 37.9 Å². The zero-order valence-electron chi connectivity index (χ0n) is 18.3. The molecular formula is C21H36N2O6. The number of nitrogens with zero attached hydrogens (tertiary/aromatic N) is 1. The van der Waals surface area contributed by atoms with Gasteiger partial charge in [-0.1, -0.05) is 27.7 Å². The summed E-state index contributed by atoms with van der Waals surface area (Å²) in [6.07, 6.45) is 2.11. The lowest BCUT2D eigenvalue weighted by Gasteiger charge is -2.59.